The third-order valence-corrected chi connectivity index (χ3v) is 6.05. The maximum Gasteiger partial charge on any atom is 0.243 e. The summed E-state index contributed by atoms with van der Waals surface area (Å²) < 4.78 is 26.9. The minimum atomic E-state index is -3.70. The Morgan fingerprint density at radius 2 is 1.76 bits per heavy atom. The molecule has 6 heteroatoms. The van der Waals surface area contributed by atoms with Crippen LogP contribution in [-0.2, 0) is 14.8 Å². The van der Waals surface area contributed by atoms with Gasteiger partial charge in [-0.25, -0.2) is 8.42 Å². The van der Waals surface area contributed by atoms with Gasteiger partial charge in [0.2, 0.25) is 15.9 Å². The van der Waals surface area contributed by atoms with Crippen molar-refractivity contribution < 1.29 is 13.2 Å². The first-order valence-electron chi connectivity index (χ1n) is 8.74. The van der Waals surface area contributed by atoms with E-state index in [1.54, 1.807) is 25.1 Å². The second-order valence-electron chi connectivity index (χ2n) is 6.00. The monoisotopic (exact) mass is 362 g/mol. The molecule has 0 atom stereocenters. The van der Waals surface area contributed by atoms with E-state index in [1.807, 2.05) is 24.3 Å². The zero-order valence-electron chi connectivity index (χ0n) is 14.9. The van der Waals surface area contributed by atoms with Gasteiger partial charge in [0.1, 0.15) is 0 Å². The molecule has 0 radical (unpaired) electrons. The summed E-state index contributed by atoms with van der Waals surface area (Å²) in [5.74, 6) is -0.262. The van der Waals surface area contributed by atoms with Crippen LogP contribution in [0, 0.1) is 0 Å². The highest BCUT2D eigenvalue weighted by Crippen LogP contribution is 2.21. The third-order valence-electron chi connectivity index (χ3n) is 4.13. The Morgan fingerprint density at radius 3 is 2.44 bits per heavy atom. The predicted octanol–water partition coefficient (Wildman–Crippen LogP) is 3.16. The zero-order chi connectivity index (χ0) is 18.3. The van der Waals surface area contributed by atoms with Gasteiger partial charge in [0.25, 0.3) is 0 Å². The van der Waals surface area contributed by atoms with Gasteiger partial charge >= 0.3 is 0 Å². The number of carbonyl (C=O) groups is 1. The second-order valence-corrected chi connectivity index (χ2v) is 7.94. The van der Waals surface area contributed by atoms with Gasteiger partial charge in [0.15, 0.2) is 0 Å². The Balaban J connectivity index is 2.12. The molecule has 136 valence electrons. The summed E-state index contributed by atoms with van der Waals surface area (Å²) in [6, 6.07) is 12.7. The molecule has 0 heterocycles. The highest BCUT2D eigenvalue weighted by molar-refractivity contribution is 7.89. The van der Waals surface area contributed by atoms with E-state index in [0.717, 1.165) is 30.0 Å². The van der Waals surface area contributed by atoms with Crippen LogP contribution in [0.4, 0.5) is 0 Å². The van der Waals surface area contributed by atoms with Crippen molar-refractivity contribution in [3.8, 4) is 0 Å². The summed E-state index contributed by atoms with van der Waals surface area (Å²) in [6.07, 6.45) is 3.03. The second kappa shape index (κ2) is 8.97. The van der Waals surface area contributed by atoms with Gasteiger partial charge in [0, 0.05) is 13.1 Å². The molecule has 0 spiro atoms. The van der Waals surface area contributed by atoms with Crippen LogP contribution in [0.2, 0.25) is 0 Å². The van der Waals surface area contributed by atoms with Crippen LogP contribution in [-0.4, -0.2) is 38.3 Å². The van der Waals surface area contributed by atoms with Crippen LogP contribution in [0.3, 0.4) is 0 Å². The average Bonchev–Trinajstić information content (AvgIpc) is 2.62. The van der Waals surface area contributed by atoms with Gasteiger partial charge < -0.3 is 5.32 Å². The Hall–Kier alpha value is -1.92. The largest absolute Gasteiger partial charge is 0.355 e. The van der Waals surface area contributed by atoms with Crippen LogP contribution < -0.4 is 5.32 Å². The molecule has 25 heavy (non-hydrogen) atoms. The SMILES string of the molecule is CCCCCNC(=O)CN(CC)S(=O)(=O)c1ccc2ccccc2c1. The number of rotatable bonds is 9. The number of hydrogen-bond acceptors (Lipinski definition) is 3. The average molecular weight is 362 g/mol. The molecule has 2 aromatic carbocycles. The third kappa shape index (κ3) is 5.03. The molecule has 0 saturated heterocycles. The van der Waals surface area contributed by atoms with Crippen molar-refractivity contribution in [3.63, 3.8) is 0 Å². The van der Waals surface area contributed by atoms with Crippen LogP contribution in [0.15, 0.2) is 47.4 Å². The summed E-state index contributed by atoms with van der Waals surface area (Å²) in [5, 5.41) is 4.64. The number of nitrogens with zero attached hydrogens (tertiary/aromatic N) is 1. The van der Waals surface area contributed by atoms with E-state index in [-0.39, 0.29) is 23.9 Å². The van der Waals surface area contributed by atoms with E-state index < -0.39 is 10.0 Å². The molecule has 2 aromatic rings. The van der Waals surface area contributed by atoms with Crippen molar-refractivity contribution >= 4 is 26.7 Å². The quantitative estimate of drug-likeness (QED) is 0.697. The first-order chi connectivity index (χ1) is 12.0. The van der Waals surface area contributed by atoms with Gasteiger partial charge in [-0.05, 0) is 29.3 Å². The lowest BCUT2D eigenvalue weighted by Crippen LogP contribution is -2.40. The molecule has 0 bridgehead atoms. The molecular formula is C19H26N2O3S. The van der Waals surface area contributed by atoms with E-state index >= 15 is 0 Å². The molecule has 0 aliphatic rings. The van der Waals surface area contributed by atoms with E-state index in [9.17, 15) is 13.2 Å². The molecule has 0 aliphatic heterocycles. The number of fused-ring (bicyclic) bond motifs is 1. The molecule has 0 aliphatic carbocycles. The number of nitrogens with one attached hydrogen (secondary N) is 1. The maximum atomic E-state index is 12.9. The lowest BCUT2D eigenvalue weighted by Gasteiger charge is -2.20. The van der Waals surface area contributed by atoms with Crippen LogP contribution >= 0.6 is 0 Å². The zero-order valence-corrected chi connectivity index (χ0v) is 15.7. The van der Waals surface area contributed by atoms with Crippen LogP contribution in [0.5, 0.6) is 0 Å². The number of amides is 1. The van der Waals surface area contributed by atoms with E-state index in [4.69, 9.17) is 0 Å². The van der Waals surface area contributed by atoms with Crippen LogP contribution in [0.1, 0.15) is 33.1 Å². The maximum absolute atomic E-state index is 12.9. The molecule has 0 fully saturated rings. The summed E-state index contributed by atoms with van der Waals surface area (Å²) >= 11 is 0. The van der Waals surface area contributed by atoms with Crippen molar-refractivity contribution in [1.29, 1.82) is 0 Å². The number of sulfonamides is 1. The molecular weight excluding hydrogens is 336 g/mol. The van der Waals surface area contributed by atoms with Crippen molar-refractivity contribution in [2.75, 3.05) is 19.6 Å². The molecule has 1 amide bonds. The number of likely N-dealkylation sites (N-methyl/N-ethyl adjacent to an activating group) is 1. The smallest absolute Gasteiger partial charge is 0.243 e. The molecule has 2 rings (SSSR count). The molecule has 5 nitrogen and oxygen atoms in total. The lowest BCUT2D eigenvalue weighted by atomic mass is 10.1. The summed E-state index contributed by atoms with van der Waals surface area (Å²) in [6.45, 7) is 4.51. The van der Waals surface area contributed by atoms with Crippen LogP contribution in [0.25, 0.3) is 10.8 Å². The highest BCUT2D eigenvalue weighted by Gasteiger charge is 2.25. The van der Waals surface area contributed by atoms with Gasteiger partial charge in [-0.1, -0.05) is 57.0 Å². The first kappa shape index (κ1) is 19.4. The number of carbonyl (C=O) groups excluding carboxylic acids is 1. The predicted molar refractivity (Wildman–Crippen MR) is 101 cm³/mol. The highest BCUT2D eigenvalue weighted by atomic mass is 32.2. The van der Waals surface area contributed by atoms with Crippen molar-refractivity contribution in [1.82, 2.24) is 9.62 Å². The normalized spacial score (nSPS) is 11.8. The number of benzene rings is 2. The van der Waals surface area contributed by atoms with E-state index in [1.165, 1.54) is 4.31 Å². The molecule has 1 N–H and O–H groups in total. The van der Waals surface area contributed by atoms with E-state index in [2.05, 4.69) is 12.2 Å². The standard InChI is InChI=1S/C19H26N2O3S/c1-3-5-8-13-20-19(22)15-21(4-2)25(23,24)18-12-11-16-9-6-7-10-17(16)14-18/h6-7,9-12,14H,3-5,8,13,15H2,1-2H3,(H,20,22). The summed E-state index contributed by atoms with van der Waals surface area (Å²) in [7, 11) is -3.70. The number of hydrogen-bond donors (Lipinski definition) is 1. The first-order valence-corrected chi connectivity index (χ1v) is 10.2. The Morgan fingerprint density at radius 1 is 1.04 bits per heavy atom. The Kier molecular flexibility index (Phi) is 6.96. The minimum Gasteiger partial charge on any atom is -0.355 e. The Labute approximate surface area is 150 Å². The summed E-state index contributed by atoms with van der Waals surface area (Å²) in [5.41, 5.74) is 0. The van der Waals surface area contributed by atoms with Gasteiger partial charge in [0.05, 0.1) is 11.4 Å². The fraction of sp³-hybridized carbons (Fsp3) is 0.421. The fourth-order valence-electron chi connectivity index (χ4n) is 2.66. The molecule has 0 saturated carbocycles. The lowest BCUT2D eigenvalue weighted by molar-refractivity contribution is -0.121. The number of unbranched alkanes of at least 4 members (excludes halogenated alkanes) is 2. The van der Waals surface area contributed by atoms with Crippen molar-refractivity contribution in [2.24, 2.45) is 0 Å². The van der Waals surface area contributed by atoms with Gasteiger partial charge in [-0.15, -0.1) is 0 Å². The van der Waals surface area contributed by atoms with Crippen molar-refractivity contribution in [3.05, 3.63) is 42.5 Å². The molecule has 0 aromatic heterocycles. The van der Waals surface area contributed by atoms with Gasteiger partial charge in [-0.2, -0.15) is 4.31 Å². The summed E-state index contributed by atoms with van der Waals surface area (Å²) in [4.78, 5) is 12.3. The van der Waals surface area contributed by atoms with Crippen molar-refractivity contribution in [2.45, 2.75) is 38.0 Å². The minimum absolute atomic E-state index is 0.155. The molecule has 0 unspecified atom stereocenters. The van der Waals surface area contributed by atoms with Gasteiger partial charge in [-0.3, -0.25) is 4.79 Å². The van der Waals surface area contributed by atoms with E-state index in [0.29, 0.717) is 6.54 Å². The fourth-order valence-corrected chi connectivity index (χ4v) is 4.10. The topological polar surface area (TPSA) is 66.5 Å². The Bertz CT molecular complexity index is 818.